The minimum Gasteiger partial charge on any atom is -0.465 e. The van der Waals surface area contributed by atoms with Gasteiger partial charge in [0, 0.05) is 26.6 Å². The molecule has 1 aliphatic rings. The summed E-state index contributed by atoms with van der Waals surface area (Å²) in [7, 11) is 1.45. The summed E-state index contributed by atoms with van der Waals surface area (Å²) in [4.78, 5) is 57.8. The Morgan fingerprint density at radius 3 is 2.56 bits per heavy atom. The first-order valence-electron chi connectivity index (χ1n) is 8.38. The molecule has 2 heterocycles. The molecule has 0 radical (unpaired) electrons. The number of hydrogen-bond acceptors (Lipinski definition) is 9. The number of likely N-dealkylation sites (N-methyl/N-ethyl adjacent to an activating group) is 1. The highest BCUT2D eigenvalue weighted by molar-refractivity contribution is 5.87. The van der Waals surface area contributed by atoms with Gasteiger partial charge in [0.2, 0.25) is 5.91 Å². The summed E-state index contributed by atoms with van der Waals surface area (Å²) < 4.78 is 11.0. The number of nitrogens with zero attached hydrogens (tertiary/aromatic N) is 3. The van der Waals surface area contributed by atoms with E-state index in [1.807, 2.05) is 0 Å². The molecule has 1 aromatic rings. The number of esters is 2. The number of aromatic nitrogens is 2. The second-order valence-electron chi connectivity index (χ2n) is 5.76. The summed E-state index contributed by atoms with van der Waals surface area (Å²) in [6.07, 6.45) is 1.04. The number of nitrogens with one attached hydrogen (secondary N) is 1. The van der Waals surface area contributed by atoms with Crippen molar-refractivity contribution in [2.45, 2.75) is 39.0 Å². The molecule has 11 heteroatoms. The Kier molecular flexibility index (Phi) is 6.28. The first kappa shape index (κ1) is 20.5. The van der Waals surface area contributed by atoms with E-state index in [2.05, 4.69) is 10.3 Å². The molecule has 0 spiro atoms. The molecule has 1 saturated heterocycles. The molecule has 1 N–H and O–H groups in total. The third-order valence-electron chi connectivity index (χ3n) is 3.85. The van der Waals surface area contributed by atoms with Gasteiger partial charge < -0.3 is 14.8 Å². The molecule has 1 aromatic heterocycles. The Bertz CT molecular complexity index is 793. The molecule has 0 unspecified atom stereocenters. The molecule has 11 nitrogen and oxygen atoms in total. The van der Waals surface area contributed by atoms with Crippen molar-refractivity contribution >= 4 is 23.7 Å². The Labute approximate surface area is 155 Å². The largest absolute Gasteiger partial charge is 0.465 e. The summed E-state index contributed by atoms with van der Waals surface area (Å²) in [5, 5.41) is 3.53. The minimum absolute atomic E-state index is 0.0241. The molecule has 0 aliphatic carbocycles. The van der Waals surface area contributed by atoms with E-state index in [1.54, 1.807) is 13.8 Å². The van der Waals surface area contributed by atoms with Crippen LogP contribution in [0, 0.1) is 0 Å². The average Bonchev–Trinajstić information content (AvgIpc) is 2.93. The quantitative estimate of drug-likeness (QED) is 0.654. The van der Waals surface area contributed by atoms with Gasteiger partial charge in [-0.1, -0.05) is 0 Å². The van der Waals surface area contributed by atoms with Crippen molar-refractivity contribution < 1.29 is 28.7 Å². The number of carbonyl (C=O) groups is 3. The van der Waals surface area contributed by atoms with Gasteiger partial charge in [0.1, 0.15) is 11.9 Å². The molecule has 2 rings (SSSR count). The van der Waals surface area contributed by atoms with Crippen molar-refractivity contribution in [2.75, 3.05) is 25.6 Å². The SMILES string of the molecule is CCOC(=O)[C@H]1C[C@@](C(=O)OCC)(n2ccc(NC(C)=O)nc2=O)ON1C. The molecule has 1 fully saturated rings. The van der Waals surface area contributed by atoms with Crippen LogP contribution in [0.3, 0.4) is 0 Å². The highest BCUT2D eigenvalue weighted by Gasteiger charge is 2.56. The van der Waals surface area contributed by atoms with Crippen LogP contribution in [0.25, 0.3) is 0 Å². The fourth-order valence-corrected chi connectivity index (χ4v) is 2.73. The van der Waals surface area contributed by atoms with Gasteiger partial charge in [0.15, 0.2) is 0 Å². The zero-order valence-corrected chi connectivity index (χ0v) is 15.6. The van der Waals surface area contributed by atoms with E-state index in [9.17, 15) is 19.2 Å². The molecular formula is C16H22N4O7. The van der Waals surface area contributed by atoms with Gasteiger partial charge in [0.05, 0.1) is 13.2 Å². The molecule has 148 valence electrons. The van der Waals surface area contributed by atoms with Gasteiger partial charge in [-0.15, -0.1) is 0 Å². The Balaban J connectivity index is 2.47. The standard InChI is InChI=1S/C16H22N4O7/c1-5-25-13(22)11-9-16(27-19(11)4,14(23)26-6-2)20-8-7-12(17-10(3)21)18-15(20)24/h7-8,11H,5-6,9H2,1-4H3,(H,17,18,21,24)/t11-,16-/m1/s1. The fourth-order valence-electron chi connectivity index (χ4n) is 2.73. The zero-order valence-electron chi connectivity index (χ0n) is 15.6. The number of rotatable bonds is 6. The lowest BCUT2D eigenvalue weighted by Crippen LogP contribution is -2.49. The second-order valence-corrected chi connectivity index (χ2v) is 5.76. The highest BCUT2D eigenvalue weighted by atomic mass is 16.7. The van der Waals surface area contributed by atoms with Gasteiger partial charge in [0.25, 0.3) is 5.72 Å². The Hall–Kier alpha value is -2.79. The summed E-state index contributed by atoms with van der Waals surface area (Å²) >= 11 is 0. The molecule has 27 heavy (non-hydrogen) atoms. The molecule has 0 saturated carbocycles. The van der Waals surface area contributed by atoms with E-state index < -0.39 is 35.3 Å². The van der Waals surface area contributed by atoms with Gasteiger partial charge in [-0.2, -0.15) is 10.0 Å². The van der Waals surface area contributed by atoms with E-state index in [0.717, 1.165) is 9.63 Å². The first-order valence-corrected chi connectivity index (χ1v) is 8.38. The van der Waals surface area contributed by atoms with Crippen LogP contribution in [0.4, 0.5) is 5.82 Å². The van der Waals surface area contributed by atoms with Crippen LogP contribution in [-0.4, -0.2) is 58.8 Å². The van der Waals surface area contributed by atoms with Crippen LogP contribution in [-0.2, 0) is 34.4 Å². The van der Waals surface area contributed by atoms with Crippen molar-refractivity contribution in [1.29, 1.82) is 0 Å². The monoisotopic (exact) mass is 382 g/mol. The lowest BCUT2D eigenvalue weighted by Gasteiger charge is -2.27. The number of carbonyl (C=O) groups excluding carboxylic acids is 3. The smallest absolute Gasteiger partial charge is 0.362 e. The summed E-state index contributed by atoms with van der Waals surface area (Å²) in [6.45, 7) is 4.73. The van der Waals surface area contributed by atoms with Crippen LogP contribution in [0.2, 0.25) is 0 Å². The summed E-state index contributed by atoms with van der Waals surface area (Å²) in [5.74, 6) is -1.82. The van der Waals surface area contributed by atoms with Crippen LogP contribution in [0.5, 0.6) is 0 Å². The van der Waals surface area contributed by atoms with E-state index in [0.29, 0.717) is 0 Å². The van der Waals surface area contributed by atoms with Crippen molar-refractivity contribution in [2.24, 2.45) is 0 Å². The van der Waals surface area contributed by atoms with Crippen LogP contribution >= 0.6 is 0 Å². The van der Waals surface area contributed by atoms with Crippen molar-refractivity contribution in [3.63, 3.8) is 0 Å². The minimum atomic E-state index is -1.92. The molecule has 0 aromatic carbocycles. The van der Waals surface area contributed by atoms with Crippen molar-refractivity contribution in [1.82, 2.24) is 14.6 Å². The van der Waals surface area contributed by atoms with Crippen LogP contribution in [0.1, 0.15) is 27.2 Å². The van der Waals surface area contributed by atoms with Gasteiger partial charge >= 0.3 is 17.6 Å². The third kappa shape index (κ3) is 4.14. The maximum absolute atomic E-state index is 12.7. The van der Waals surface area contributed by atoms with Gasteiger partial charge in [-0.3, -0.25) is 19.0 Å². The van der Waals surface area contributed by atoms with E-state index in [-0.39, 0.29) is 25.5 Å². The van der Waals surface area contributed by atoms with Gasteiger partial charge in [-0.05, 0) is 19.9 Å². The summed E-state index contributed by atoms with van der Waals surface area (Å²) in [6, 6.07) is 0.418. The number of amides is 1. The van der Waals surface area contributed by atoms with E-state index in [1.165, 1.54) is 26.2 Å². The third-order valence-corrected chi connectivity index (χ3v) is 3.85. The molecule has 1 amide bonds. The van der Waals surface area contributed by atoms with E-state index in [4.69, 9.17) is 14.3 Å². The van der Waals surface area contributed by atoms with Gasteiger partial charge in [-0.25, -0.2) is 9.59 Å². The average molecular weight is 382 g/mol. The first-order chi connectivity index (χ1) is 12.7. The summed E-state index contributed by atoms with van der Waals surface area (Å²) in [5.41, 5.74) is -2.77. The van der Waals surface area contributed by atoms with E-state index >= 15 is 0 Å². The molecule has 2 atom stereocenters. The number of ether oxygens (including phenoxy) is 2. The van der Waals surface area contributed by atoms with Crippen LogP contribution < -0.4 is 11.0 Å². The maximum Gasteiger partial charge on any atom is 0.362 e. The number of hydrogen-bond donors (Lipinski definition) is 1. The Morgan fingerprint density at radius 2 is 2.00 bits per heavy atom. The predicted octanol–water partition coefficient (Wildman–Crippen LogP) is -0.384. The lowest BCUT2D eigenvalue weighted by molar-refractivity contribution is -0.238. The van der Waals surface area contributed by atoms with Crippen molar-refractivity contribution in [3.8, 4) is 0 Å². The molecule has 0 bridgehead atoms. The lowest BCUT2D eigenvalue weighted by atomic mass is 10.0. The zero-order chi connectivity index (χ0) is 20.2. The number of hydroxylamine groups is 2. The second kappa shape index (κ2) is 8.27. The predicted molar refractivity (Wildman–Crippen MR) is 91.3 cm³/mol. The number of anilines is 1. The molecule has 1 aliphatic heterocycles. The Morgan fingerprint density at radius 1 is 1.33 bits per heavy atom. The fraction of sp³-hybridized carbons (Fsp3) is 0.562. The molecular weight excluding hydrogens is 360 g/mol. The maximum atomic E-state index is 12.7. The van der Waals surface area contributed by atoms with Crippen LogP contribution in [0.15, 0.2) is 17.1 Å². The normalized spacial score (nSPS) is 22.3. The topological polar surface area (TPSA) is 129 Å². The highest BCUT2D eigenvalue weighted by Crippen LogP contribution is 2.35. The van der Waals surface area contributed by atoms with Crippen molar-refractivity contribution in [3.05, 3.63) is 22.7 Å².